The van der Waals surface area contributed by atoms with Crippen molar-refractivity contribution in [1.29, 1.82) is 5.26 Å². The Morgan fingerprint density at radius 2 is 2.29 bits per heavy atom. The molecule has 0 fully saturated rings. The van der Waals surface area contributed by atoms with Crippen molar-refractivity contribution in [3.63, 3.8) is 0 Å². The number of benzene rings is 1. The van der Waals surface area contributed by atoms with Crippen molar-refractivity contribution in [1.82, 2.24) is 0 Å². The van der Waals surface area contributed by atoms with Crippen molar-refractivity contribution in [3.8, 4) is 12.0 Å². The van der Waals surface area contributed by atoms with Crippen LogP contribution in [0, 0.1) is 18.4 Å². The van der Waals surface area contributed by atoms with E-state index in [1.54, 1.807) is 6.92 Å². The maximum absolute atomic E-state index is 10.8. The Morgan fingerprint density at radius 1 is 1.64 bits per heavy atom. The van der Waals surface area contributed by atoms with E-state index in [4.69, 9.17) is 22.0 Å². The summed E-state index contributed by atoms with van der Waals surface area (Å²) in [5.74, 6) is -1.15. The molecule has 0 unspecified atom stereocenters. The molecule has 0 saturated heterocycles. The molecule has 0 aliphatic heterocycles. The highest BCUT2D eigenvalue weighted by Gasteiger charge is 2.15. The van der Waals surface area contributed by atoms with Gasteiger partial charge in [0.2, 0.25) is 0 Å². The third-order valence-corrected chi connectivity index (χ3v) is 1.84. The molecular weight excluding hydrogens is 206 g/mol. The van der Waals surface area contributed by atoms with Crippen LogP contribution >= 0.6 is 11.6 Å². The number of aromatic carboxylic acids is 1. The standard InChI is InChI=1S/C9H6ClNO3/c1-5-2-6(10)3-7(9(12)13)8(5)14-4-11/h2-3H,1H3,(H,12,13). The molecule has 0 amide bonds. The summed E-state index contributed by atoms with van der Waals surface area (Å²) in [6.07, 6.45) is 1.43. The van der Waals surface area contributed by atoms with Crippen molar-refractivity contribution >= 4 is 17.6 Å². The monoisotopic (exact) mass is 211 g/mol. The van der Waals surface area contributed by atoms with E-state index in [1.807, 2.05) is 0 Å². The smallest absolute Gasteiger partial charge is 0.339 e. The Hall–Kier alpha value is -1.73. The average molecular weight is 212 g/mol. The molecular formula is C9H6ClNO3. The summed E-state index contributed by atoms with van der Waals surface area (Å²) >= 11 is 5.66. The van der Waals surface area contributed by atoms with Gasteiger partial charge in [0.1, 0.15) is 5.56 Å². The molecule has 14 heavy (non-hydrogen) atoms. The van der Waals surface area contributed by atoms with Crippen LogP contribution in [-0.4, -0.2) is 11.1 Å². The molecule has 5 heteroatoms. The second kappa shape index (κ2) is 3.99. The van der Waals surface area contributed by atoms with Crippen LogP contribution in [0.25, 0.3) is 0 Å². The number of ether oxygens (including phenoxy) is 1. The van der Waals surface area contributed by atoms with Gasteiger partial charge in [0.25, 0.3) is 6.26 Å². The predicted octanol–water partition coefficient (Wildman–Crippen LogP) is 2.21. The molecule has 0 bridgehead atoms. The van der Waals surface area contributed by atoms with Gasteiger partial charge in [-0.3, -0.25) is 0 Å². The SMILES string of the molecule is Cc1cc(Cl)cc(C(=O)O)c1OC#N. The Kier molecular flexibility index (Phi) is 2.95. The largest absolute Gasteiger partial charge is 0.478 e. The number of nitriles is 1. The second-order valence-corrected chi connectivity index (χ2v) is 3.03. The van der Waals surface area contributed by atoms with Crippen LogP contribution in [0.5, 0.6) is 5.75 Å². The van der Waals surface area contributed by atoms with Crippen molar-refractivity contribution in [3.05, 3.63) is 28.3 Å². The zero-order valence-electron chi connectivity index (χ0n) is 7.24. The van der Waals surface area contributed by atoms with E-state index in [0.29, 0.717) is 10.6 Å². The number of carboxylic acid groups (broad SMARTS) is 1. The minimum Gasteiger partial charge on any atom is -0.478 e. The highest BCUT2D eigenvalue weighted by molar-refractivity contribution is 6.31. The number of hydrogen-bond acceptors (Lipinski definition) is 3. The van der Waals surface area contributed by atoms with E-state index in [-0.39, 0.29) is 11.3 Å². The van der Waals surface area contributed by atoms with Crippen LogP contribution in [0.15, 0.2) is 12.1 Å². The fourth-order valence-corrected chi connectivity index (χ4v) is 1.34. The third-order valence-electron chi connectivity index (χ3n) is 1.62. The van der Waals surface area contributed by atoms with Crippen LogP contribution in [-0.2, 0) is 0 Å². The van der Waals surface area contributed by atoms with E-state index in [2.05, 4.69) is 4.74 Å². The number of aryl methyl sites for hydroxylation is 1. The summed E-state index contributed by atoms with van der Waals surface area (Å²) in [6, 6.07) is 2.77. The van der Waals surface area contributed by atoms with E-state index < -0.39 is 5.97 Å². The number of carbonyl (C=O) groups is 1. The van der Waals surface area contributed by atoms with Crippen LogP contribution in [0.4, 0.5) is 0 Å². The lowest BCUT2D eigenvalue weighted by Gasteiger charge is -2.05. The summed E-state index contributed by atoms with van der Waals surface area (Å²) in [5.41, 5.74) is 0.396. The quantitative estimate of drug-likeness (QED) is 0.762. The van der Waals surface area contributed by atoms with Crippen LogP contribution in [0.1, 0.15) is 15.9 Å². The average Bonchev–Trinajstić information content (AvgIpc) is 2.09. The van der Waals surface area contributed by atoms with Gasteiger partial charge in [0, 0.05) is 5.02 Å². The van der Waals surface area contributed by atoms with E-state index in [1.165, 1.54) is 18.4 Å². The van der Waals surface area contributed by atoms with Crippen LogP contribution in [0.3, 0.4) is 0 Å². The molecule has 0 heterocycles. The molecule has 1 aromatic carbocycles. The molecule has 0 aliphatic carbocycles. The van der Waals surface area contributed by atoms with E-state index in [9.17, 15) is 4.79 Å². The van der Waals surface area contributed by atoms with Gasteiger partial charge >= 0.3 is 5.97 Å². The molecule has 0 radical (unpaired) electrons. The third kappa shape index (κ3) is 1.95. The first-order valence-electron chi connectivity index (χ1n) is 3.65. The molecule has 0 aromatic heterocycles. The van der Waals surface area contributed by atoms with Crippen molar-refractivity contribution in [2.75, 3.05) is 0 Å². The molecule has 1 N–H and O–H groups in total. The first-order valence-corrected chi connectivity index (χ1v) is 4.03. The van der Waals surface area contributed by atoms with Gasteiger partial charge in [-0.1, -0.05) is 11.6 Å². The number of nitrogens with zero attached hydrogens (tertiary/aromatic N) is 1. The molecule has 4 nitrogen and oxygen atoms in total. The van der Waals surface area contributed by atoms with E-state index in [0.717, 1.165) is 0 Å². The summed E-state index contributed by atoms with van der Waals surface area (Å²) in [7, 11) is 0. The maximum Gasteiger partial charge on any atom is 0.339 e. The summed E-state index contributed by atoms with van der Waals surface area (Å²) in [5, 5.41) is 17.4. The summed E-state index contributed by atoms with van der Waals surface area (Å²) < 4.78 is 4.55. The Balaban J connectivity index is 3.38. The van der Waals surface area contributed by atoms with Crippen LogP contribution in [0.2, 0.25) is 5.02 Å². The molecule has 0 saturated carbocycles. The van der Waals surface area contributed by atoms with Crippen LogP contribution < -0.4 is 4.74 Å². The summed E-state index contributed by atoms with van der Waals surface area (Å²) in [4.78, 5) is 10.8. The molecule has 72 valence electrons. The van der Waals surface area contributed by atoms with E-state index >= 15 is 0 Å². The molecule has 0 spiro atoms. The summed E-state index contributed by atoms with van der Waals surface area (Å²) in [6.45, 7) is 1.62. The minimum atomic E-state index is -1.18. The first kappa shape index (κ1) is 10.4. The minimum absolute atomic E-state index is 0.0319. The Labute approximate surface area is 85.3 Å². The molecule has 1 aromatic rings. The highest BCUT2D eigenvalue weighted by Crippen LogP contribution is 2.27. The zero-order valence-corrected chi connectivity index (χ0v) is 8.00. The molecule has 0 atom stereocenters. The first-order chi connectivity index (χ1) is 6.56. The zero-order chi connectivity index (χ0) is 10.7. The number of rotatable bonds is 2. The Morgan fingerprint density at radius 3 is 2.79 bits per heavy atom. The fraction of sp³-hybridized carbons (Fsp3) is 0.111. The number of carboxylic acids is 1. The van der Waals surface area contributed by atoms with Gasteiger partial charge in [0.05, 0.1) is 0 Å². The normalized spacial score (nSPS) is 9.21. The van der Waals surface area contributed by atoms with Gasteiger partial charge in [-0.15, -0.1) is 5.26 Å². The van der Waals surface area contributed by atoms with Gasteiger partial charge < -0.3 is 9.84 Å². The van der Waals surface area contributed by atoms with Crippen molar-refractivity contribution in [2.24, 2.45) is 0 Å². The molecule has 1 rings (SSSR count). The lowest BCUT2D eigenvalue weighted by molar-refractivity contribution is 0.0694. The lowest BCUT2D eigenvalue weighted by atomic mass is 10.1. The highest BCUT2D eigenvalue weighted by atomic mass is 35.5. The number of halogens is 1. The van der Waals surface area contributed by atoms with Gasteiger partial charge in [-0.05, 0) is 24.6 Å². The fourth-order valence-electron chi connectivity index (χ4n) is 1.07. The van der Waals surface area contributed by atoms with Gasteiger partial charge in [0.15, 0.2) is 5.75 Å². The predicted molar refractivity (Wildman–Crippen MR) is 49.4 cm³/mol. The number of hydrogen-bond donors (Lipinski definition) is 1. The van der Waals surface area contributed by atoms with Crippen molar-refractivity contribution in [2.45, 2.75) is 6.92 Å². The van der Waals surface area contributed by atoms with Gasteiger partial charge in [-0.2, -0.15) is 0 Å². The topological polar surface area (TPSA) is 70.3 Å². The van der Waals surface area contributed by atoms with Gasteiger partial charge in [-0.25, -0.2) is 4.79 Å². The van der Waals surface area contributed by atoms with Crippen molar-refractivity contribution < 1.29 is 14.6 Å². The maximum atomic E-state index is 10.8. The molecule has 0 aliphatic rings. The second-order valence-electron chi connectivity index (χ2n) is 2.60. The Bertz CT molecular complexity index is 423. The lowest BCUT2D eigenvalue weighted by Crippen LogP contribution is -2.01.